The van der Waals surface area contributed by atoms with E-state index in [4.69, 9.17) is 11.6 Å². The summed E-state index contributed by atoms with van der Waals surface area (Å²) in [5.74, 6) is 4.38. The smallest absolute Gasteiger partial charge is 0.149 e. The molecule has 0 amide bonds. The predicted molar refractivity (Wildman–Crippen MR) is 97.5 cm³/mol. The summed E-state index contributed by atoms with van der Waals surface area (Å²) < 4.78 is 26.8. The van der Waals surface area contributed by atoms with E-state index in [0.717, 1.165) is 0 Å². The highest BCUT2D eigenvalue weighted by Gasteiger charge is 2.41. The molecule has 132 valence electrons. The molecule has 2 heterocycles. The summed E-state index contributed by atoms with van der Waals surface area (Å²) in [4.78, 5) is 0. The zero-order valence-corrected chi connectivity index (χ0v) is 15.4. The molecule has 2 N–H and O–H groups in total. The minimum atomic E-state index is -2.00. The Balaban J connectivity index is 2.00. The molecule has 0 radical (unpaired) electrons. The van der Waals surface area contributed by atoms with E-state index in [1.807, 2.05) is 13.8 Å². The number of nitrogens with zero attached hydrogens (tertiary/aromatic N) is 1. The Hall–Kier alpha value is -1.11. The maximum atomic E-state index is 14.7. The number of rotatable bonds is 3. The quantitative estimate of drug-likeness (QED) is 0.810. The molecule has 1 atom stereocenters. The van der Waals surface area contributed by atoms with Crippen LogP contribution in [0.1, 0.15) is 38.4 Å². The topological polar surface area (TPSA) is 66.0 Å². The second kappa shape index (κ2) is 6.00. The Labute approximate surface area is 146 Å². The number of fused-ring (bicyclic) bond motifs is 1. The van der Waals surface area contributed by atoms with Crippen LogP contribution in [-0.4, -0.2) is 36.9 Å². The predicted octanol–water partition coefficient (Wildman–Crippen LogP) is 3.54. The summed E-state index contributed by atoms with van der Waals surface area (Å²) in [6.07, 6.45) is 1.92. The molecule has 0 aliphatic carbocycles. The molecule has 1 unspecified atom stereocenters. The standard InChI is InChI=1S/C17H22ClFN2O2S/c1-17(2,11-4-6-24(3,23)7-5-11)16(22)13-14(19)12(18)8-10-9-20-21-15(10)13/h8-9,11,16,22H,3-7H2,1-2H3,(H,20,21). The molecule has 1 aliphatic rings. The molecule has 0 spiro atoms. The first-order chi connectivity index (χ1) is 11.1. The van der Waals surface area contributed by atoms with Gasteiger partial charge in [-0.25, -0.2) is 4.39 Å². The lowest BCUT2D eigenvalue weighted by Crippen LogP contribution is -2.37. The molecular weight excluding hydrogens is 351 g/mol. The molecule has 1 saturated heterocycles. The van der Waals surface area contributed by atoms with E-state index >= 15 is 0 Å². The van der Waals surface area contributed by atoms with Crippen molar-refractivity contribution in [2.45, 2.75) is 32.8 Å². The van der Waals surface area contributed by atoms with E-state index < -0.39 is 26.9 Å². The average Bonchev–Trinajstić information content (AvgIpc) is 2.95. The number of hydrogen-bond acceptors (Lipinski definition) is 3. The third-order valence-corrected chi connectivity index (χ3v) is 7.61. The molecule has 3 rings (SSSR count). The molecule has 24 heavy (non-hydrogen) atoms. The summed E-state index contributed by atoms with van der Waals surface area (Å²) in [6, 6.07) is 1.50. The van der Waals surface area contributed by atoms with Crippen LogP contribution >= 0.6 is 11.6 Å². The SMILES string of the molecule is C=S1(=O)CCC(C(C)(C)C(O)c2c(F)c(Cl)cc3cn[nH]c23)CC1. The van der Waals surface area contributed by atoms with Crippen molar-refractivity contribution in [3.8, 4) is 0 Å². The van der Waals surface area contributed by atoms with Gasteiger partial charge in [-0.15, -0.1) is 0 Å². The van der Waals surface area contributed by atoms with Crippen LogP contribution in [0.2, 0.25) is 5.02 Å². The number of H-pyrrole nitrogens is 1. The van der Waals surface area contributed by atoms with Crippen LogP contribution < -0.4 is 0 Å². The first-order valence-electron chi connectivity index (χ1n) is 7.95. The molecule has 1 aliphatic heterocycles. The number of hydrogen-bond donors (Lipinski definition) is 2. The van der Waals surface area contributed by atoms with Gasteiger partial charge in [0.05, 0.1) is 22.8 Å². The highest BCUT2D eigenvalue weighted by Crippen LogP contribution is 2.47. The van der Waals surface area contributed by atoms with Crippen LogP contribution in [0, 0.1) is 17.2 Å². The summed E-state index contributed by atoms with van der Waals surface area (Å²) in [5, 5.41) is 18.3. The number of aromatic nitrogens is 2. The summed E-state index contributed by atoms with van der Waals surface area (Å²) in [5.41, 5.74) is 0.0228. The van der Waals surface area contributed by atoms with Crippen LogP contribution in [0.25, 0.3) is 10.9 Å². The lowest BCUT2D eigenvalue weighted by molar-refractivity contribution is -0.000418. The summed E-state index contributed by atoms with van der Waals surface area (Å²) in [7, 11) is -2.00. The average molecular weight is 373 g/mol. The second-order valence-corrected chi connectivity index (χ2v) is 10.4. The van der Waals surface area contributed by atoms with Crippen molar-refractivity contribution >= 4 is 37.9 Å². The van der Waals surface area contributed by atoms with Gasteiger partial charge in [-0.1, -0.05) is 25.4 Å². The summed E-state index contributed by atoms with van der Waals surface area (Å²) in [6.45, 7) is 3.84. The molecule has 0 bridgehead atoms. The van der Waals surface area contributed by atoms with E-state index in [1.54, 1.807) is 6.20 Å². The molecule has 2 aromatic rings. The van der Waals surface area contributed by atoms with Crippen LogP contribution in [0.3, 0.4) is 0 Å². The van der Waals surface area contributed by atoms with Gasteiger partial charge >= 0.3 is 0 Å². The number of aliphatic hydroxyl groups is 1. The van der Waals surface area contributed by atoms with Gasteiger partial charge in [0.2, 0.25) is 0 Å². The van der Waals surface area contributed by atoms with Gasteiger partial charge in [0, 0.05) is 22.5 Å². The second-order valence-electron chi connectivity index (χ2n) is 7.29. The van der Waals surface area contributed by atoms with E-state index in [1.165, 1.54) is 6.07 Å². The van der Waals surface area contributed by atoms with E-state index in [9.17, 15) is 13.7 Å². The van der Waals surface area contributed by atoms with Crippen molar-refractivity contribution in [1.29, 1.82) is 0 Å². The van der Waals surface area contributed by atoms with Crippen LogP contribution in [0.15, 0.2) is 12.3 Å². The number of aromatic amines is 1. The summed E-state index contributed by atoms with van der Waals surface area (Å²) >= 11 is 5.99. The third kappa shape index (κ3) is 2.95. The Kier molecular flexibility index (Phi) is 4.43. The molecule has 1 aromatic carbocycles. The molecule has 7 heteroatoms. The number of aliphatic hydroxyl groups excluding tert-OH is 1. The van der Waals surface area contributed by atoms with Crippen molar-refractivity contribution in [3.05, 3.63) is 28.7 Å². The number of nitrogens with one attached hydrogen (secondary N) is 1. The van der Waals surface area contributed by atoms with Crippen molar-refractivity contribution in [2.24, 2.45) is 11.3 Å². The Morgan fingerprint density at radius 3 is 2.75 bits per heavy atom. The maximum absolute atomic E-state index is 14.7. The van der Waals surface area contributed by atoms with Crippen molar-refractivity contribution in [2.75, 3.05) is 11.5 Å². The molecule has 0 saturated carbocycles. The Morgan fingerprint density at radius 2 is 2.12 bits per heavy atom. The Morgan fingerprint density at radius 1 is 1.50 bits per heavy atom. The maximum Gasteiger partial charge on any atom is 0.149 e. The zero-order valence-electron chi connectivity index (χ0n) is 13.8. The van der Waals surface area contributed by atoms with Crippen LogP contribution in [0.5, 0.6) is 0 Å². The van der Waals surface area contributed by atoms with E-state index in [2.05, 4.69) is 16.1 Å². The van der Waals surface area contributed by atoms with Gasteiger partial charge in [-0.3, -0.25) is 9.31 Å². The minimum Gasteiger partial charge on any atom is -0.388 e. The molecule has 4 nitrogen and oxygen atoms in total. The minimum absolute atomic E-state index is 0.0295. The van der Waals surface area contributed by atoms with Crippen molar-refractivity contribution < 1.29 is 13.7 Å². The van der Waals surface area contributed by atoms with Crippen LogP contribution in [-0.2, 0) is 9.52 Å². The van der Waals surface area contributed by atoms with Gasteiger partial charge in [0.1, 0.15) is 5.82 Å². The molecule has 1 fully saturated rings. The van der Waals surface area contributed by atoms with Gasteiger partial charge in [-0.2, -0.15) is 5.10 Å². The van der Waals surface area contributed by atoms with Gasteiger partial charge < -0.3 is 5.11 Å². The first-order valence-corrected chi connectivity index (χ1v) is 10.4. The van der Waals surface area contributed by atoms with Gasteiger partial charge in [0.15, 0.2) is 0 Å². The lowest BCUT2D eigenvalue weighted by Gasteiger charge is -2.41. The third-order valence-electron chi connectivity index (χ3n) is 5.37. The van der Waals surface area contributed by atoms with Crippen LogP contribution in [0.4, 0.5) is 4.39 Å². The van der Waals surface area contributed by atoms with Gasteiger partial charge in [0.25, 0.3) is 0 Å². The van der Waals surface area contributed by atoms with E-state index in [0.29, 0.717) is 35.3 Å². The highest BCUT2D eigenvalue weighted by atomic mass is 35.5. The molecule has 1 aromatic heterocycles. The fourth-order valence-electron chi connectivity index (χ4n) is 3.62. The number of halogens is 2. The van der Waals surface area contributed by atoms with E-state index in [-0.39, 0.29) is 16.5 Å². The van der Waals surface area contributed by atoms with Gasteiger partial charge in [-0.05, 0) is 45.6 Å². The fraction of sp³-hybridized carbons (Fsp3) is 0.529. The normalized spacial score (nSPS) is 26.6. The number of benzene rings is 1. The molecular formula is C17H22ClFN2O2S. The first kappa shape index (κ1) is 17.7. The monoisotopic (exact) mass is 372 g/mol. The Bertz CT molecular complexity index is 862. The zero-order chi connectivity index (χ0) is 17.7. The highest BCUT2D eigenvalue weighted by molar-refractivity contribution is 8.00. The van der Waals surface area contributed by atoms with Crippen molar-refractivity contribution in [1.82, 2.24) is 10.2 Å². The van der Waals surface area contributed by atoms with Crippen molar-refractivity contribution in [3.63, 3.8) is 0 Å². The largest absolute Gasteiger partial charge is 0.388 e. The fourth-order valence-corrected chi connectivity index (χ4v) is 5.47. The lowest BCUT2D eigenvalue weighted by atomic mass is 9.69.